The van der Waals surface area contributed by atoms with Crippen molar-refractivity contribution in [3.63, 3.8) is 0 Å². The Bertz CT molecular complexity index is 684. The van der Waals surface area contributed by atoms with Crippen LogP contribution in [0.15, 0.2) is 41.5 Å². The van der Waals surface area contributed by atoms with E-state index in [-0.39, 0.29) is 5.56 Å². The third kappa shape index (κ3) is 1.30. The molecule has 0 radical (unpaired) electrons. The van der Waals surface area contributed by atoms with E-state index in [0.717, 1.165) is 11.3 Å². The summed E-state index contributed by atoms with van der Waals surface area (Å²) in [7, 11) is 0. The van der Waals surface area contributed by atoms with Crippen molar-refractivity contribution in [2.24, 2.45) is 0 Å². The van der Waals surface area contributed by atoms with Crippen molar-refractivity contribution in [3.8, 4) is 11.3 Å². The molecule has 3 heterocycles. The van der Waals surface area contributed by atoms with E-state index >= 15 is 0 Å². The zero-order chi connectivity index (χ0) is 11.0. The van der Waals surface area contributed by atoms with Gasteiger partial charge in [0.1, 0.15) is 0 Å². The molecule has 0 fully saturated rings. The van der Waals surface area contributed by atoms with Gasteiger partial charge in [-0.1, -0.05) is 0 Å². The van der Waals surface area contributed by atoms with Crippen LogP contribution in [0.2, 0.25) is 0 Å². The van der Waals surface area contributed by atoms with Crippen LogP contribution in [0, 0.1) is 0 Å². The van der Waals surface area contributed by atoms with Crippen molar-refractivity contribution in [1.82, 2.24) is 20.2 Å². The van der Waals surface area contributed by atoms with Gasteiger partial charge in [0.15, 0.2) is 5.65 Å². The number of nitrogens with one attached hydrogen (secondary N) is 2. The number of H-pyrrole nitrogens is 2. The molecule has 78 valence electrons. The van der Waals surface area contributed by atoms with Crippen LogP contribution in [-0.2, 0) is 0 Å². The predicted octanol–water partition coefficient (Wildman–Crippen LogP) is 1.31. The number of nitrogens with zero attached hydrogens (tertiary/aromatic N) is 2. The number of pyridine rings is 2. The highest BCUT2D eigenvalue weighted by atomic mass is 16.1. The molecule has 3 aromatic rings. The predicted molar refractivity (Wildman–Crippen MR) is 59.9 cm³/mol. The highest BCUT2D eigenvalue weighted by Gasteiger charge is 2.04. The first-order valence-electron chi connectivity index (χ1n) is 4.82. The Kier molecular flexibility index (Phi) is 1.83. The third-order valence-electron chi connectivity index (χ3n) is 2.41. The largest absolute Gasteiger partial charge is 0.281 e. The zero-order valence-electron chi connectivity index (χ0n) is 8.27. The van der Waals surface area contributed by atoms with Crippen molar-refractivity contribution in [1.29, 1.82) is 0 Å². The molecule has 0 saturated heterocycles. The SMILES string of the molecule is O=c1[nH][nH]c2nc(-c3ccncc3)ccc12. The van der Waals surface area contributed by atoms with E-state index in [9.17, 15) is 4.79 Å². The molecule has 0 bridgehead atoms. The Hall–Kier alpha value is -2.43. The minimum Gasteiger partial charge on any atom is -0.281 e. The number of hydrogen-bond acceptors (Lipinski definition) is 3. The fourth-order valence-electron chi connectivity index (χ4n) is 1.60. The van der Waals surface area contributed by atoms with Gasteiger partial charge in [-0.3, -0.25) is 20.0 Å². The lowest BCUT2D eigenvalue weighted by molar-refractivity contribution is 1.06. The Balaban J connectivity index is 2.23. The molecule has 0 aliphatic rings. The summed E-state index contributed by atoms with van der Waals surface area (Å²) in [6.07, 6.45) is 3.42. The summed E-state index contributed by atoms with van der Waals surface area (Å²) in [6.45, 7) is 0. The minimum atomic E-state index is -0.149. The smallest absolute Gasteiger partial charge is 0.273 e. The van der Waals surface area contributed by atoms with Crippen LogP contribution in [-0.4, -0.2) is 20.2 Å². The van der Waals surface area contributed by atoms with Crippen LogP contribution in [0.25, 0.3) is 22.3 Å². The van der Waals surface area contributed by atoms with Crippen LogP contribution in [0.4, 0.5) is 0 Å². The second-order valence-corrected chi connectivity index (χ2v) is 3.41. The molecule has 16 heavy (non-hydrogen) atoms. The first-order chi connectivity index (χ1) is 7.84. The van der Waals surface area contributed by atoms with Crippen LogP contribution >= 0.6 is 0 Å². The molecular formula is C11H8N4O. The van der Waals surface area contributed by atoms with E-state index in [1.807, 2.05) is 18.2 Å². The fourth-order valence-corrected chi connectivity index (χ4v) is 1.60. The first kappa shape index (κ1) is 8.84. The maximum absolute atomic E-state index is 11.3. The van der Waals surface area contributed by atoms with Gasteiger partial charge >= 0.3 is 0 Å². The second-order valence-electron chi connectivity index (χ2n) is 3.41. The summed E-state index contributed by atoms with van der Waals surface area (Å²) >= 11 is 0. The second kappa shape index (κ2) is 3.30. The normalized spacial score (nSPS) is 10.8. The van der Waals surface area contributed by atoms with E-state index < -0.39 is 0 Å². The fraction of sp³-hybridized carbons (Fsp3) is 0. The molecule has 5 nitrogen and oxygen atoms in total. The molecule has 5 heteroatoms. The van der Waals surface area contributed by atoms with Crippen LogP contribution in [0.1, 0.15) is 0 Å². The maximum atomic E-state index is 11.3. The van der Waals surface area contributed by atoms with E-state index in [4.69, 9.17) is 0 Å². The van der Waals surface area contributed by atoms with E-state index in [2.05, 4.69) is 20.2 Å². The van der Waals surface area contributed by atoms with E-state index in [1.54, 1.807) is 18.5 Å². The Labute approximate surface area is 90.2 Å². The first-order valence-corrected chi connectivity index (χ1v) is 4.82. The van der Waals surface area contributed by atoms with Crippen molar-refractivity contribution in [2.45, 2.75) is 0 Å². The van der Waals surface area contributed by atoms with E-state index in [0.29, 0.717) is 11.0 Å². The summed E-state index contributed by atoms with van der Waals surface area (Å²) in [5.74, 6) is 0. The molecule has 0 spiro atoms. The van der Waals surface area contributed by atoms with Gasteiger partial charge in [0.25, 0.3) is 5.56 Å². The summed E-state index contributed by atoms with van der Waals surface area (Å²) in [5.41, 5.74) is 2.20. The molecule has 3 rings (SSSR count). The van der Waals surface area contributed by atoms with Crippen LogP contribution < -0.4 is 5.56 Å². The Morgan fingerprint density at radius 3 is 2.62 bits per heavy atom. The third-order valence-corrected chi connectivity index (χ3v) is 2.41. The van der Waals surface area contributed by atoms with Gasteiger partial charge in [0, 0.05) is 18.0 Å². The number of aromatic nitrogens is 4. The molecule has 0 saturated carbocycles. The van der Waals surface area contributed by atoms with Crippen molar-refractivity contribution in [2.75, 3.05) is 0 Å². The van der Waals surface area contributed by atoms with Gasteiger partial charge in [-0.05, 0) is 24.3 Å². The number of aromatic amines is 2. The Morgan fingerprint density at radius 1 is 1.00 bits per heavy atom. The average Bonchev–Trinajstić information content (AvgIpc) is 2.72. The lowest BCUT2D eigenvalue weighted by Crippen LogP contribution is -1.97. The van der Waals surface area contributed by atoms with E-state index in [1.165, 1.54) is 0 Å². The van der Waals surface area contributed by atoms with Crippen LogP contribution in [0.3, 0.4) is 0 Å². The zero-order valence-corrected chi connectivity index (χ0v) is 8.27. The monoisotopic (exact) mass is 212 g/mol. The summed E-state index contributed by atoms with van der Waals surface area (Å²) in [5, 5.41) is 5.80. The number of hydrogen-bond donors (Lipinski definition) is 2. The van der Waals surface area contributed by atoms with Gasteiger partial charge in [-0.2, -0.15) is 0 Å². The standard InChI is InChI=1S/C11H8N4O/c16-11-8-1-2-9(13-10(8)14-15-11)7-3-5-12-6-4-7/h1-6H,(H2,13,14,15,16). The quantitative estimate of drug-likeness (QED) is 0.638. The molecule has 0 aliphatic carbocycles. The number of fused-ring (bicyclic) bond motifs is 1. The molecule has 0 atom stereocenters. The maximum Gasteiger partial charge on any atom is 0.273 e. The van der Waals surface area contributed by atoms with Gasteiger partial charge in [-0.25, -0.2) is 4.98 Å². The van der Waals surface area contributed by atoms with Gasteiger partial charge in [0.05, 0.1) is 11.1 Å². The molecule has 3 aromatic heterocycles. The highest BCUT2D eigenvalue weighted by molar-refractivity contribution is 5.77. The van der Waals surface area contributed by atoms with Crippen molar-refractivity contribution in [3.05, 3.63) is 47.0 Å². The van der Waals surface area contributed by atoms with Gasteiger partial charge in [0.2, 0.25) is 0 Å². The minimum absolute atomic E-state index is 0.149. The van der Waals surface area contributed by atoms with Crippen molar-refractivity contribution >= 4 is 11.0 Å². The molecule has 0 unspecified atom stereocenters. The topological polar surface area (TPSA) is 74.4 Å². The lowest BCUT2D eigenvalue weighted by Gasteiger charge is -1.98. The lowest BCUT2D eigenvalue weighted by atomic mass is 10.2. The van der Waals surface area contributed by atoms with Crippen LogP contribution in [0.5, 0.6) is 0 Å². The summed E-state index contributed by atoms with van der Waals surface area (Å²) in [4.78, 5) is 19.6. The number of rotatable bonds is 1. The average molecular weight is 212 g/mol. The molecule has 0 aromatic carbocycles. The highest BCUT2D eigenvalue weighted by Crippen LogP contribution is 2.17. The summed E-state index contributed by atoms with van der Waals surface area (Å²) in [6, 6.07) is 7.33. The molecular weight excluding hydrogens is 204 g/mol. The Morgan fingerprint density at radius 2 is 1.81 bits per heavy atom. The van der Waals surface area contributed by atoms with Gasteiger partial charge < -0.3 is 0 Å². The van der Waals surface area contributed by atoms with Gasteiger partial charge in [-0.15, -0.1) is 0 Å². The molecule has 0 amide bonds. The summed E-state index contributed by atoms with van der Waals surface area (Å²) < 4.78 is 0. The molecule has 0 aliphatic heterocycles. The van der Waals surface area contributed by atoms with Crippen molar-refractivity contribution < 1.29 is 0 Å². The molecule has 2 N–H and O–H groups in total.